The lowest BCUT2D eigenvalue weighted by Crippen LogP contribution is -2.52. The molecule has 6 N–H and O–H groups in total. The monoisotopic (exact) mass is 1430 g/mol. The van der Waals surface area contributed by atoms with Crippen molar-refractivity contribution >= 4 is 59.5 Å². The quantitative estimate of drug-likeness (QED) is 0.0108. The third-order valence-corrected chi connectivity index (χ3v) is 17.6. The highest BCUT2D eigenvalue weighted by atomic mass is 17.2. The Morgan fingerprint density at radius 3 is 0.960 bits per heavy atom. The SMILES string of the molecule is CCCCCCCCCCCCCCCC(=O)COC(COOCC(=O)OCC(CN(CCN(CCN(CC(=O)O)CC(=O)O)CC(=O)O)CC(=O)O)N(CC(=O)O)CC(=O)O)(COC(=O)CCCCCCCCCCCCCCC)COC(=O)CCCCCCCCCCCCCCC. The smallest absolute Gasteiger partial charge is 0.335 e. The fourth-order valence-corrected chi connectivity index (χ4v) is 11.8. The van der Waals surface area contributed by atoms with Crippen LogP contribution in [-0.4, -0.2) is 233 Å². The van der Waals surface area contributed by atoms with Gasteiger partial charge < -0.3 is 49.6 Å². The second-order valence-corrected chi connectivity index (χ2v) is 27.2. The normalized spacial score (nSPS) is 12.0. The van der Waals surface area contributed by atoms with E-state index in [2.05, 4.69) is 20.8 Å². The molecule has 0 heterocycles. The molecule has 1 atom stereocenters. The molecule has 26 heteroatoms. The van der Waals surface area contributed by atoms with Crippen molar-refractivity contribution in [2.24, 2.45) is 0 Å². The summed E-state index contributed by atoms with van der Waals surface area (Å²) in [4.78, 5) is 140. The van der Waals surface area contributed by atoms with Crippen LogP contribution in [0, 0.1) is 0 Å². The molecular weight excluding hydrogens is 1300 g/mol. The zero-order chi connectivity index (χ0) is 74.1. The van der Waals surface area contributed by atoms with Crippen molar-refractivity contribution in [3.63, 3.8) is 0 Å². The molecule has 0 aliphatic carbocycles. The second kappa shape index (κ2) is 65.6. The predicted molar refractivity (Wildman–Crippen MR) is 380 cm³/mol. The van der Waals surface area contributed by atoms with E-state index in [0.717, 1.165) is 86.8 Å². The molecule has 0 aliphatic heterocycles. The van der Waals surface area contributed by atoms with Gasteiger partial charge in [-0.2, -0.15) is 0 Å². The molecule has 1 unspecified atom stereocenters. The summed E-state index contributed by atoms with van der Waals surface area (Å²) in [5, 5.41) is 57.8. The average Bonchev–Trinajstić information content (AvgIpc) is 0.868. The highest BCUT2D eigenvalue weighted by Crippen LogP contribution is 2.21. The zero-order valence-electron chi connectivity index (χ0n) is 61.8. The first-order valence-corrected chi connectivity index (χ1v) is 38.2. The topological polar surface area (TPSA) is 360 Å². The van der Waals surface area contributed by atoms with Crippen molar-refractivity contribution in [1.82, 2.24) is 19.6 Å². The van der Waals surface area contributed by atoms with Crippen LogP contribution < -0.4 is 0 Å². The van der Waals surface area contributed by atoms with Crippen LogP contribution in [0.2, 0.25) is 0 Å². The summed E-state index contributed by atoms with van der Waals surface area (Å²) in [6.45, 7) is -3.12. The fourth-order valence-electron chi connectivity index (χ4n) is 11.8. The van der Waals surface area contributed by atoms with Gasteiger partial charge in [0.1, 0.15) is 33.0 Å². The summed E-state index contributed by atoms with van der Waals surface area (Å²) in [5.74, 6) is -10.8. The number of esters is 3. The number of aliphatic carboxylic acids is 6. The molecule has 0 aliphatic rings. The largest absolute Gasteiger partial charge is 0.480 e. The molecule has 582 valence electrons. The van der Waals surface area contributed by atoms with E-state index in [1.165, 1.54) is 164 Å². The molecule has 0 rings (SSSR count). The molecule has 0 aromatic heterocycles. The van der Waals surface area contributed by atoms with Crippen LogP contribution in [-0.2, 0) is 76.7 Å². The minimum absolute atomic E-state index is 0.0909. The van der Waals surface area contributed by atoms with Crippen molar-refractivity contribution in [2.75, 3.05) is 112 Å². The van der Waals surface area contributed by atoms with E-state index < -0.39 is 151 Å². The Balaban J connectivity index is 6.54. The van der Waals surface area contributed by atoms with Crippen LogP contribution in [0.1, 0.15) is 290 Å². The number of hydrogen-bond acceptors (Lipinski definition) is 20. The van der Waals surface area contributed by atoms with Gasteiger partial charge in [-0.05, 0) is 19.3 Å². The van der Waals surface area contributed by atoms with Crippen molar-refractivity contribution in [2.45, 2.75) is 302 Å². The standard InChI is InChI=1S/C74H134N4O22/c1-4-7-10-13-16-19-22-25-28-31-34-37-40-43-64(79)58-98-74(60-96-71(92)44-41-38-35-32-29-26-23-20-17-14-11-8-5-2,61-97-72(93)45-42-39-36-33-30-27-24-21-18-15-12-9-6-3)62-100-99-59-73(94)95-57-63(78(55-69(88)89)56-70(90)91)50-76(52-66(82)83)48-46-75(51-65(80)81)47-49-77(53-67(84)85)54-68(86)87/h63H,4-62H2,1-3H3,(H,80,81)(H,82,83)(H,84,85)(H,86,87)(H,88,89)(H,90,91). The minimum Gasteiger partial charge on any atom is -0.480 e. The third kappa shape index (κ3) is 61.3. The summed E-state index contributed by atoms with van der Waals surface area (Å²) in [6.07, 6.45) is 44.1. The maximum Gasteiger partial charge on any atom is 0.335 e. The molecule has 0 bridgehead atoms. The first-order valence-electron chi connectivity index (χ1n) is 38.2. The van der Waals surface area contributed by atoms with Crippen LogP contribution >= 0.6 is 0 Å². The number of ketones is 1. The van der Waals surface area contributed by atoms with Gasteiger partial charge in [-0.1, -0.05) is 252 Å². The fraction of sp³-hybridized carbons (Fsp3) is 0.865. The molecule has 0 fully saturated rings. The Kier molecular flexibility index (Phi) is 62.1. The van der Waals surface area contributed by atoms with Gasteiger partial charge in [-0.15, -0.1) is 0 Å². The van der Waals surface area contributed by atoms with Gasteiger partial charge >= 0.3 is 53.7 Å². The van der Waals surface area contributed by atoms with Crippen molar-refractivity contribution < 1.29 is 107 Å². The lowest BCUT2D eigenvalue weighted by molar-refractivity contribution is -0.323. The van der Waals surface area contributed by atoms with Crippen LogP contribution in [0.3, 0.4) is 0 Å². The van der Waals surface area contributed by atoms with Gasteiger partial charge in [-0.25, -0.2) is 14.6 Å². The molecule has 26 nitrogen and oxygen atoms in total. The number of nitrogens with zero attached hydrogens (tertiary/aromatic N) is 4. The molecular formula is C74H134N4O22. The van der Waals surface area contributed by atoms with E-state index in [1.54, 1.807) is 0 Å². The number of hydrogen-bond donors (Lipinski definition) is 6. The van der Waals surface area contributed by atoms with Gasteiger partial charge in [-0.3, -0.25) is 62.8 Å². The highest BCUT2D eigenvalue weighted by molar-refractivity contribution is 5.79. The van der Waals surface area contributed by atoms with E-state index in [1.807, 2.05) is 0 Å². The van der Waals surface area contributed by atoms with Crippen LogP contribution in [0.25, 0.3) is 0 Å². The summed E-state index contributed by atoms with van der Waals surface area (Å²) in [7, 11) is 0. The maximum atomic E-state index is 13.6. The number of carbonyl (C=O) groups is 10. The Hall–Kier alpha value is -5.38. The molecule has 0 aromatic carbocycles. The number of ether oxygens (including phenoxy) is 4. The highest BCUT2D eigenvalue weighted by Gasteiger charge is 2.38. The van der Waals surface area contributed by atoms with Gasteiger partial charge in [0, 0.05) is 52.0 Å². The molecule has 0 aromatic rings. The maximum absolute atomic E-state index is 13.6. The molecule has 0 saturated carbocycles. The molecule has 100 heavy (non-hydrogen) atoms. The first-order chi connectivity index (χ1) is 48.1. The lowest BCUT2D eigenvalue weighted by Gasteiger charge is -2.34. The summed E-state index contributed by atoms with van der Waals surface area (Å²) in [6, 6.07) is -1.34. The van der Waals surface area contributed by atoms with Crippen molar-refractivity contribution in [3.8, 4) is 0 Å². The number of rotatable bonds is 77. The average molecular weight is 1430 g/mol. The molecule has 0 saturated heterocycles. The Labute approximate surface area is 597 Å². The van der Waals surface area contributed by atoms with Gasteiger partial charge in [0.2, 0.25) is 0 Å². The van der Waals surface area contributed by atoms with Crippen molar-refractivity contribution in [3.05, 3.63) is 0 Å². The Morgan fingerprint density at radius 1 is 0.310 bits per heavy atom. The Bertz CT molecular complexity index is 2010. The van der Waals surface area contributed by atoms with Crippen LogP contribution in [0.15, 0.2) is 0 Å². The van der Waals surface area contributed by atoms with Crippen LogP contribution in [0.5, 0.6) is 0 Å². The summed E-state index contributed by atoms with van der Waals surface area (Å²) >= 11 is 0. The van der Waals surface area contributed by atoms with Gasteiger partial charge in [0.15, 0.2) is 18.0 Å². The predicted octanol–water partition coefficient (Wildman–Crippen LogP) is 12.4. The van der Waals surface area contributed by atoms with E-state index in [-0.39, 0.29) is 51.2 Å². The first kappa shape index (κ1) is 94.6. The number of carboxylic acids is 6. The zero-order valence-corrected chi connectivity index (χ0v) is 61.8. The lowest BCUT2D eigenvalue weighted by atomic mass is 10.0. The van der Waals surface area contributed by atoms with Gasteiger partial charge in [0.05, 0.1) is 45.3 Å². The van der Waals surface area contributed by atoms with Crippen LogP contribution in [0.4, 0.5) is 0 Å². The second-order valence-electron chi connectivity index (χ2n) is 27.2. The molecule has 0 radical (unpaired) electrons. The minimum atomic E-state index is -1.82. The Morgan fingerprint density at radius 2 is 0.610 bits per heavy atom. The number of unbranched alkanes of at least 4 members (excludes halogenated alkanes) is 36. The van der Waals surface area contributed by atoms with Crippen molar-refractivity contribution in [1.29, 1.82) is 0 Å². The van der Waals surface area contributed by atoms with E-state index >= 15 is 0 Å². The van der Waals surface area contributed by atoms with E-state index in [9.17, 15) is 78.6 Å². The number of Topliss-reactive ketones (excluding diaryl/α,β-unsaturated/α-hetero) is 1. The summed E-state index contributed by atoms with van der Waals surface area (Å²) in [5.41, 5.74) is -1.82. The van der Waals surface area contributed by atoms with E-state index in [4.69, 9.17) is 28.7 Å². The molecule has 0 spiro atoms. The number of carboxylic acid groups (broad SMARTS) is 6. The number of carbonyl (C=O) groups excluding carboxylic acids is 4. The summed E-state index contributed by atoms with van der Waals surface area (Å²) < 4.78 is 23.4. The van der Waals surface area contributed by atoms with Gasteiger partial charge in [0.25, 0.3) is 0 Å². The third-order valence-electron chi connectivity index (χ3n) is 17.6. The molecule has 0 amide bonds. The van der Waals surface area contributed by atoms with E-state index in [0.29, 0.717) is 19.3 Å².